The highest BCUT2D eigenvalue weighted by atomic mass is 19.1. The van der Waals surface area contributed by atoms with E-state index in [1.807, 2.05) is 0 Å². The number of carbonyl (C=O) groups is 1. The first-order valence-electron chi connectivity index (χ1n) is 9.10. The fraction of sp³-hybridized carbons (Fsp3) is 0.190. The summed E-state index contributed by atoms with van der Waals surface area (Å²) in [4.78, 5) is 31.1. The minimum Gasteiger partial charge on any atom is -0.369 e. The Morgan fingerprint density at radius 2 is 1.83 bits per heavy atom. The summed E-state index contributed by atoms with van der Waals surface area (Å²) >= 11 is 0. The van der Waals surface area contributed by atoms with Gasteiger partial charge in [-0.25, -0.2) is 23.7 Å². The van der Waals surface area contributed by atoms with E-state index < -0.39 is 23.9 Å². The topological polar surface area (TPSA) is 97.4 Å². The molecule has 2 N–H and O–H groups in total. The van der Waals surface area contributed by atoms with Crippen molar-refractivity contribution in [2.24, 2.45) is 10.7 Å². The molecule has 1 atom stereocenters. The number of benzene rings is 1. The summed E-state index contributed by atoms with van der Waals surface area (Å²) in [6.07, 6.45) is 4.58. The number of halogens is 2. The van der Waals surface area contributed by atoms with Crippen LogP contribution in [0.1, 0.15) is 22.6 Å². The summed E-state index contributed by atoms with van der Waals surface area (Å²) in [5.41, 5.74) is 5.75. The number of alkyl halides is 1. The SMILES string of the molecule is Cc1ncc(-c2ccc(F)c(C3(c4ccnc(CF)c4)N=C(N)N(C)C3=O)c2)cn1. The second-order valence-corrected chi connectivity index (χ2v) is 6.93. The summed E-state index contributed by atoms with van der Waals surface area (Å²) in [5.74, 6) is -0.669. The number of nitrogens with zero attached hydrogens (tertiary/aromatic N) is 5. The normalized spacial score (nSPS) is 18.6. The van der Waals surface area contributed by atoms with Crippen LogP contribution in [0.3, 0.4) is 0 Å². The average Bonchev–Trinajstić information content (AvgIpc) is 2.99. The lowest BCUT2D eigenvalue weighted by Crippen LogP contribution is -2.41. The Balaban J connectivity index is 1.98. The number of pyridine rings is 1. The molecule has 152 valence electrons. The van der Waals surface area contributed by atoms with Crippen LogP contribution < -0.4 is 5.73 Å². The van der Waals surface area contributed by atoms with Gasteiger partial charge in [-0.15, -0.1) is 0 Å². The van der Waals surface area contributed by atoms with Gasteiger partial charge in [-0.1, -0.05) is 6.07 Å². The van der Waals surface area contributed by atoms with Crippen molar-refractivity contribution in [2.45, 2.75) is 19.1 Å². The summed E-state index contributed by atoms with van der Waals surface area (Å²) in [7, 11) is 1.45. The largest absolute Gasteiger partial charge is 0.369 e. The molecule has 3 aromatic rings. The Kier molecular flexibility index (Phi) is 4.73. The minimum atomic E-state index is -1.79. The monoisotopic (exact) mass is 408 g/mol. The smallest absolute Gasteiger partial charge is 0.266 e. The summed E-state index contributed by atoms with van der Waals surface area (Å²) < 4.78 is 28.4. The fourth-order valence-corrected chi connectivity index (χ4v) is 3.46. The van der Waals surface area contributed by atoms with Crippen molar-refractivity contribution < 1.29 is 13.6 Å². The number of nitrogens with two attached hydrogens (primary N) is 1. The third-order valence-corrected chi connectivity index (χ3v) is 5.08. The van der Waals surface area contributed by atoms with Gasteiger partial charge < -0.3 is 5.73 Å². The molecule has 1 aliphatic heterocycles. The van der Waals surface area contributed by atoms with Gasteiger partial charge in [-0.05, 0) is 42.3 Å². The van der Waals surface area contributed by atoms with E-state index >= 15 is 4.39 Å². The van der Waals surface area contributed by atoms with E-state index in [0.717, 1.165) is 4.90 Å². The number of aromatic nitrogens is 3. The highest BCUT2D eigenvalue weighted by Gasteiger charge is 2.51. The van der Waals surface area contributed by atoms with Crippen LogP contribution in [-0.4, -0.2) is 38.8 Å². The van der Waals surface area contributed by atoms with E-state index in [1.165, 1.54) is 37.5 Å². The Morgan fingerprint density at radius 3 is 2.47 bits per heavy atom. The molecule has 0 bridgehead atoms. The molecule has 30 heavy (non-hydrogen) atoms. The molecule has 3 heterocycles. The standard InChI is InChI=1S/C21H18F2N6O/c1-12-26-10-14(11-27-12)13-3-4-18(23)17(7-13)21(19(30)29(2)20(24)28-21)15-5-6-25-16(8-15)9-22/h3-8,10-11H,9H2,1-2H3,(H2,24,28). The summed E-state index contributed by atoms with van der Waals surface area (Å²) in [6, 6.07) is 7.24. The third kappa shape index (κ3) is 2.99. The lowest BCUT2D eigenvalue weighted by atomic mass is 9.81. The van der Waals surface area contributed by atoms with E-state index in [2.05, 4.69) is 19.9 Å². The maximum absolute atomic E-state index is 15.1. The van der Waals surface area contributed by atoms with E-state index in [1.54, 1.807) is 25.4 Å². The molecule has 0 radical (unpaired) electrons. The summed E-state index contributed by atoms with van der Waals surface area (Å²) in [6.45, 7) is 0.918. The summed E-state index contributed by atoms with van der Waals surface area (Å²) in [5, 5.41) is 0. The predicted molar refractivity (Wildman–Crippen MR) is 106 cm³/mol. The molecule has 2 aromatic heterocycles. The Labute approximate surface area is 171 Å². The van der Waals surface area contributed by atoms with Crippen molar-refractivity contribution in [1.82, 2.24) is 19.9 Å². The van der Waals surface area contributed by atoms with Gasteiger partial charge in [0.1, 0.15) is 18.3 Å². The van der Waals surface area contributed by atoms with Gasteiger partial charge in [0.25, 0.3) is 5.91 Å². The Hall–Kier alpha value is -3.75. The first-order valence-corrected chi connectivity index (χ1v) is 9.10. The van der Waals surface area contributed by atoms with E-state index in [0.29, 0.717) is 17.0 Å². The van der Waals surface area contributed by atoms with Crippen molar-refractivity contribution in [3.8, 4) is 11.1 Å². The fourth-order valence-electron chi connectivity index (χ4n) is 3.46. The molecule has 9 heteroatoms. The molecular formula is C21H18F2N6O. The minimum absolute atomic E-state index is 0.00566. The Morgan fingerprint density at radius 1 is 1.10 bits per heavy atom. The van der Waals surface area contributed by atoms with Gasteiger partial charge in [-0.3, -0.25) is 14.7 Å². The van der Waals surface area contributed by atoms with Crippen molar-refractivity contribution in [1.29, 1.82) is 0 Å². The molecule has 0 saturated heterocycles. The molecule has 7 nitrogen and oxygen atoms in total. The zero-order valence-electron chi connectivity index (χ0n) is 16.3. The van der Waals surface area contributed by atoms with Crippen LogP contribution in [0.25, 0.3) is 11.1 Å². The van der Waals surface area contributed by atoms with Crippen LogP contribution in [0.15, 0.2) is 53.9 Å². The van der Waals surface area contributed by atoms with Crippen LogP contribution in [-0.2, 0) is 17.0 Å². The van der Waals surface area contributed by atoms with Crippen LogP contribution in [0.5, 0.6) is 0 Å². The molecule has 0 spiro atoms. The highest BCUT2D eigenvalue weighted by Crippen LogP contribution is 2.41. The lowest BCUT2D eigenvalue weighted by Gasteiger charge is -2.27. The molecular weight excluding hydrogens is 390 g/mol. The van der Waals surface area contributed by atoms with E-state index in [9.17, 15) is 9.18 Å². The number of guanidine groups is 1. The van der Waals surface area contributed by atoms with E-state index in [4.69, 9.17) is 5.73 Å². The van der Waals surface area contributed by atoms with Crippen LogP contribution in [0, 0.1) is 12.7 Å². The van der Waals surface area contributed by atoms with Gasteiger partial charge in [0, 0.05) is 36.8 Å². The molecule has 4 rings (SSSR count). The van der Waals surface area contributed by atoms with Crippen LogP contribution in [0.2, 0.25) is 0 Å². The zero-order chi connectivity index (χ0) is 21.5. The molecule has 0 fully saturated rings. The highest BCUT2D eigenvalue weighted by molar-refractivity contribution is 6.09. The molecule has 1 aromatic carbocycles. The van der Waals surface area contributed by atoms with Crippen LogP contribution >= 0.6 is 0 Å². The predicted octanol–water partition coefficient (Wildman–Crippen LogP) is 2.49. The molecule has 0 aliphatic carbocycles. The van der Waals surface area contributed by atoms with E-state index in [-0.39, 0.29) is 22.8 Å². The number of aryl methyl sites for hydroxylation is 1. The second kappa shape index (κ2) is 7.25. The number of rotatable bonds is 4. The average molecular weight is 408 g/mol. The molecule has 1 amide bonds. The van der Waals surface area contributed by atoms with Gasteiger partial charge in [0.05, 0.1) is 5.69 Å². The second-order valence-electron chi connectivity index (χ2n) is 6.93. The molecule has 1 unspecified atom stereocenters. The first-order chi connectivity index (χ1) is 14.4. The number of likely N-dealkylation sites (N-methyl/N-ethyl adjacent to an activating group) is 1. The zero-order valence-corrected chi connectivity index (χ0v) is 16.3. The van der Waals surface area contributed by atoms with Crippen molar-refractivity contribution in [2.75, 3.05) is 7.05 Å². The maximum Gasteiger partial charge on any atom is 0.266 e. The molecule has 1 aliphatic rings. The first kappa shape index (κ1) is 19.6. The van der Waals surface area contributed by atoms with Crippen molar-refractivity contribution in [3.05, 3.63) is 77.4 Å². The van der Waals surface area contributed by atoms with Gasteiger partial charge in [-0.2, -0.15) is 0 Å². The van der Waals surface area contributed by atoms with Gasteiger partial charge >= 0.3 is 0 Å². The lowest BCUT2D eigenvalue weighted by molar-refractivity contribution is -0.129. The number of hydrogen-bond acceptors (Lipinski definition) is 6. The van der Waals surface area contributed by atoms with Gasteiger partial charge in [0.15, 0.2) is 11.5 Å². The molecule has 0 saturated carbocycles. The number of hydrogen-bond donors (Lipinski definition) is 1. The third-order valence-electron chi connectivity index (χ3n) is 5.08. The number of amides is 1. The van der Waals surface area contributed by atoms with Crippen molar-refractivity contribution >= 4 is 11.9 Å². The van der Waals surface area contributed by atoms with Crippen LogP contribution in [0.4, 0.5) is 8.78 Å². The number of aliphatic imine (C=N–C) groups is 1. The Bertz CT molecular complexity index is 1160. The van der Waals surface area contributed by atoms with Gasteiger partial charge in [0.2, 0.25) is 0 Å². The maximum atomic E-state index is 15.1. The van der Waals surface area contributed by atoms with Crippen molar-refractivity contribution in [3.63, 3.8) is 0 Å². The number of carbonyl (C=O) groups excluding carboxylic acids is 1. The quantitative estimate of drug-likeness (QED) is 0.715.